The number of ketones is 2. The highest BCUT2D eigenvalue weighted by Gasteiger charge is 2.69. The number of hydrogen-bond donors (Lipinski definition) is 0. The Labute approximate surface area is 186 Å². The minimum absolute atomic E-state index is 0.108. The molecule has 0 aromatic heterocycles. The predicted molar refractivity (Wildman–Crippen MR) is 117 cm³/mol. The SMILES string of the molecule is C[C@@H]1CC[C@]2(OC1)O[C@H]1C[C@H]3[C@@H]4CC(=O)C5=CC(=O)CC[C@]5(C)[C@H]4CC[C@]3(C)[C@H]1[C@H]2C. The van der Waals surface area contributed by atoms with Crippen molar-refractivity contribution in [2.24, 2.45) is 46.3 Å². The van der Waals surface area contributed by atoms with Crippen LogP contribution in [-0.4, -0.2) is 30.1 Å². The number of allylic oxidation sites excluding steroid dienone is 1. The van der Waals surface area contributed by atoms with Crippen LogP contribution in [0.4, 0.5) is 0 Å². The third kappa shape index (κ3) is 2.61. The van der Waals surface area contributed by atoms with Gasteiger partial charge in [0, 0.05) is 30.8 Å². The second kappa shape index (κ2) is 6.53. The zero-order valence-electron chi connectivity index (χ0n) is 19.6. The van der Waals surface area contributed by atoms with Crippen LogP contribution in [0, 0.1) is 46.3 Å². The second-order valence-corrected chi connectivity index (χ2v) is 12.5. The second-order valence-electron chi connectivity index (χ2n) is 12.5. The van der Waals surface area contributed by atoms with E-state index in [-0.39, 0.29) is 34.3 Å². The molecule has 0 radical (unpaired) electrons. The average Bonchev–Trinajstić information content (AvgIpc) is 3.17. The Kier molecular flexibility index (Phi) is 4.34. The number of fused-ring (bicyclic) bond motifs is 7. The number of Topliss-reactive ketones (excluding diaryl/α,β-unsaturated/α-hetero) is 1. The Balaban J connectivity index is 1.31. The van der Waals surface area contributed by atoms with E-state index < -0.39 is 0 Å². The van der Waals surface area contributed by atoms with Gasteiger partial charge in [-0.2, -0.15) is 0 Å². The van der Waals surface area contributed by atoms with Gasteiger partial charge in [0.1, 0.15) is 0 Å². The zero-order chi connectivity index (χ0) is 21.8. The molecule has 31 heavy (non-hydrogen) atoms. The summed E-state index contributed by atoms with van der Waals surface area (Å²) in [6.45, 7) is 10.2. The van der Waals surface area contributed by atoms with E-state index in [0.29, 0.717) is 48.3 Å². The molecule has 10 atom stereocenters. The van der Waals surface area contributed by atoms with E-state index >= 15 is 0 Å². The van der Waals surface area contributed by atoms with Crippen LogP contribution in [0.5, 0.6) is 0 Å². The summed E-state index contributed by atoms with van der Waals surface area (Å²) in [5.74, 6) is 3.08. The van der Waals surface area contributed by atoms with Crippen LogP contribution in [0.1, 0.15) is 79.1 Å². The summed E-state index contributed by atoms with van der Waals surface area (Å²) in [7, 11) is 0. The van der Waals surface area contributed by atoms with Crippen molar-refractivity contribution in [3.05, 3.63) is 11.6 Å². The molecule has 6 aliphatic rings. The molecule has 170 valence electrons. The van der Waals surface area contributed by atoms with Gasteiger partial charge in [0.2, 0.25) is 0 Å². The first kappa shape index (κ1) is 20.6. The highest BCUT2D eigenvalue weighted by atomic mass is 16.7. The van der Waals surface area contributed by atoms with Gasteiger partial charge in [-0.25, -0.2) is 0 Å². The van der Waals surface area contributed by atoms with Crippen molar-refractivity contribution in [2.45, 2.75) is 91.0 Å². The van der Waals surface area contributed by atoms with Crippen LogP contribution >= 0.6 is 0 Å². The minimum Gasteiger partial charge on any atom is -0.349 e. The fourth-order valence-electron chi connectivity index (χ4n) is 9.40. The fraction of sp³-hybridized carbons (Fsp3) is 0.852. The summed E-state index contributed by atoms with van der Waals surface area (Å²) in [6.07, 6.45) is 9.73. The molecule has 4 nitrogen and oxygen atoms in total. The molecule has 2 saturated heterocycles. The lowest BCUT2D eigenvalue weighted by molar-refractivity contribution is -0.272. The Morgan fingerprint density at radius 1 is 1.03 bits per heavy atom. The quantitative estimate of drug-likeness (QED) is 0.541. The maximum Gasteiger partial charge on any atom is 0.171 e. The molecular formula is C27H38O4. The number of rotatable bonds is 0. The van der Waals surface area contributed by atoms with Gasteiger partial charge in [0.25, 0.3) is 0 Å². The Morgan fingerprint density at radius 3 is 2.58 bits per heavy atom. The lowest BCUT2D eigenvalue weighted by Crippen LogP contribution is -2.54. The highest BCUT2D eigenvalue weighted by Crippen LogP contribution is 2.70. The van der Waals surface area contributed by atoms with Crippen LogP contribution in [0.25, 0.3) is 0 Å². The summed E-state index contributed by atoms with van der Waals surface area (Å²) in [5, 5.41) is 0. The average molecular weight is 427 g/mol. The van der Waals surface area contributed by atoms with Gasteiger partial charge in [0.15, 0.2) is 17.4 Å². The summed E-state index contributed by atoms with van der Waals surface area (Å²) < 4.78 is 13.2. The lowest BCUT2D eigenvalue weighted by atomic mass is 9.46. The highest BCUT2D eigenvalue weighted by molar-refractivity contribution is 6.05. The van der Waals surface area contributed by atoms with Crippen molar-refractivity contribution in [1.82, 2.24) is 0 Å². The molecule has 5 fully saturated rings. The summed E-state index contributed by atoms with van der Waals surface area (Å²) in [4.78, 5) is 25.3. The third-order valence-corrected chi connectivity index (χ3v) is 11.1. The number of carbonyl (C=O) groups is 2. The smallest absolute Gasteiger partial charge is 0.171 e. The predicted octanol–water partition coefficient (Wildman–Crippen LogP) is 5.10. The van der Waals surface area contributed by atoms with Gasteiger partial charge in [-0.05, 0) is 78.6 Å². The van der Waals surface area contributed by atoms with Gasteiger partial charge in [0.05, 0.1) is 12.7 Å². The van der Waals surface area contributed by atoms with E-state index in [4.69, 9.17) is 9.47 Å². The van der Waals surface area contributed by atoms with E-state index in [1.807, 2.05) is 0 Å². The summed E-state index contributed by atoms with van der Waals surface area (Å²) in [6, 6.07) is 0. The van der Waals surface area contributed by atoms with Gasteiger partial charge in [-0.15, -0.1) is 0 Å². The van der Waals surface area contributed by atoms with Gasteiger partial charge >= 0.3 is 0 Å². The maximum atomic E-state index is 13.2. The van der Waals surface area contributed by atoms with Gasteiger partial charge in [-0.1, -0.05) is 27.7 Å². The van der Waals surface area contributed by atoms with Crippen LogP contribution in [0.3, 0.4) is 0 Å². The molecule has 0 aromatic rings. The van der Waals surface area contributed by atoms with E-state index in [1.165, 1.54) is 19.3 Å². The van der Waals surface area contributed by atoms with E-state index in [0.717, 1.165) is 31.4 Å². The maximum absolute atomic E-state index is 13.2. The number of hydrogen-bond acceptors (Lipinski definition) is 4. The summed E-state index contributed by atoms with van der Waals surface area (Å²) >= 11 is 0. The van der Waals surface area contributed by atoms with Crippen LogP contribution in [0.15, 0.2) is 11.6 Å². The molecule has 0 N–H and O–H groups in total. The van der Waals surface area contributed by atoms with Crippen molar-refractivity contribution in [2.75, 3.05) is 6.61 Å². The normalized spacial score (nSPS) is 56.0. The molecule has 4 heteroatoms. The molecular weight excluding hydrogens is 388 g/mol. The van der Waals surface area contributed by atoms with E-state index in [2.05, 4.69) is 27.7 Å². The molecule has 3 saturated carbocycles. The molecule has 4 aliphatic carbocycles. The van der Waals surface area contributed by atoms with Crippen LogP contribution < -0.4 is 0 Å². The van der Waals surface area contributed by atoms with Gasteiger partial charge < -0.3 is 9.47 Å². The zero-order valence-corrected chi connectivity index (χ0v) is 19.6. The summed E-state index contributed by atoms with van der Waals surface area (Å²) in [5.41, 5.74) is 0.965. The molecule has 2 aliphatic heterocycles. The fourth-order valence-corrected chi connectivity index (χ4v) is 9.40. The Morgan fingerprint density at radius 2 is 1.84 bits per heavy atom. The van der Waals surface area contributed by atoms with Crippen molar-refractivity contribution < 1.29 is 19.1 Å². The standard InChI is InChI=1S/C27H38O4/c1-15-5-10-27(30-14-15)16(2)24-23(31-27)13-20-18-12-22(29)21-11-17(28)6-8-25(21,3)19(18)7-9-26(20,24)4/h11,15-16,18-20,23-24H,5-10,12-14H2,1-4H3/t15-,16-,18-,19+,20+,23+,24+,25-,26+,27+/m1/s1. The molecule has 2 heterocycles. The first-order valence-electron chi connectivity index (χ1n) is 12.8. The minimum atomic E-state index is -0.374. The molecule has 0 bridgehead atoms. The Hall–Kier alpha value is -1.00. The van der Waals surface area contributed by atoms with Crippen molar-refractivity contribution in [3.63, 3.8) is 0 Å². The third-order valence-electron chi connectivity index (χ3n) is 11.1. The molecule has 0 unspecified atom stereocenters. The largest absolute Gasteiger partial charge is 0.349 e. The monoisotopic (exact) mass is 426 g/mol. The molecule has 0 aromatic carbocycles. The Bertz CT molecular complexity index is 851. The first-order chi connectivity index (χ1) is 14.7. The van der Waals surface area contributed by atoms with Crippen LogP contribution in [0.2, 0.25) is 0 Å². The van der Waals surface area contributed by atoms with Crippen molar-refractivity contribution >= 4 is 11.6 Å². The van der Waals surface area contributed by atoms with E-state index in [9.17, 15) is 9.59 Å². The van der Waals surface area contributed by atoms with Crippen LogP contribution in [-0.2, 0) is 19.1 Å². The first-order valence-corrected chi connectivity index (χ1v) is 12.8. The van der Waals surface area contributed by atoms with E-state index in [1.54, 1.807) is 6.08 Å². The topological polar surface area (TPSA) is 52.6 Å². The van der Waals surface area contributed by atoms with Crippen molar-refractivity contribution in [3.8, 4) is 0 Å². The lowest BCUT2D eigenvalue weighted by Gasteiger charge is -2.58. The number of ether oxygens (including phenoxy) is 2. The molecule has 1 spiro atoms. The number of carbonyl (C=O) groups excluding carboxylic acids is 2. The molecule has 0 amide bonds. The van der Waals surface area contributed by atoms with Crippen molar-refractivity contribution in [1.29, 1.82) is 0 Å². The van der Waals surface area contributed by atoms with Gasteiger partial charge in [-0.3, -0.25) is 9.59 Å². The molecule has 6 rings (SSSR count).